The highest BCUT2D eigenvalue weighted by atomic mass is 16.6. The van der Waals surface area contributed by atoms with E-state index in [1.807, 2.05) is 45.9 Å². The van der Waals surface area contributed by atoms with Gasteiger partial charge in [-0.15, -0.1) is 0 Å². The molecule has 0 saturated heterocycles. The smallest absolute Gasteiger partial charge is 0.306 e. The van der Waals surface area contributed by atoms with Crippen LogP contribution in [0.4, 0.5) is 0 Å². The molecule has 1 aromatic rings. The summed E-state index contributed by atoms with van der Waals surface area (Å²) in [7, 11) is 0. The summed E-state index contributed by atoms with van der Waals surface area (Å²) in [4.78, 5) is 23.5. The van der Waals surface area contributed by atoms with Gasteiger partial charge in [-0.1, -0.05) is 43.3 Å². The lowest BCUT2D eigenvalue weighted by Crippen LogP contribution is -2.24. The van der Waals surface area contributed by atoms with E-state index in [4.69, 9.17) is 4.74 Å². The lowest BCUT2D eigenvalue weighted by atomic mass is 10.0. The summed E-state index contributed by atoms with van der Waals surface area (Å²) in [6, 6.07) is 9.05. The maximum Gasteiger partial charge on any atom is 0.306 e. The highest BCUT2D eigenvalue weighted by Gasteiger charge is 2.17. The molecule has 108 valence electrons. The summed E-state index contributed by atoms with van der Waals surface area (Å²) in [6.07, 6.45) is 3.54. The van der Waals surface area contributed by atoms with Gasteiger partial charge in [0.1, 0.15) is 5.60 Å². The molecule has 1 unspecified atom stereocenters. The van der Waals surface area contributed by atoms with Gasteiger partial charge in [-0.05, 0) is 32.8 Å². The topological polar surface area (TPSA) is 43.4 Å². The molecule has 0 N–H and O–H groups in total. The molecule has 0 aliphatic rings. The molecule has 0 radical (unpaired) electrons. The van der Waals surface area contributed by atoms with Crippen molar-refractivity contribution in [2.24, 2.45) is 5.92 Å². The van der Waals surface area contributed by atoms with E-state index >= 15 is 0 Å². The number of benzene rings is 1. The van der Waals surface area contributed by atoms with E-state index in [9.17, 15) is 9.59 Å². The maximum atomic E-state index is 11.9. The van der Waals surface area contributed by atoms with Gasteiger partial charge in [0, 0.05) is 5.56 Å². The van der Waals surface area contributed by atoms with Crippen molar-refractivity contribution < 1.29 is 14.3 Å². The first-order valence-corrected chi connectivity index (χ1v) is 6.77. The lowest BCUT2D eigenvalue weighted by molar-refractivity contribution is -0.155. The molecule has 0 heterocycles. The molecule has 0 aliphatic heterocycles. The molecule has 0 aliphatic carbocycles. The molecule has 20 heavy (non-hydrogen) atoms. The predicted molar refractivity (Wildman–Crippen MR) is 79.5 cm³/mol. The highest BCUT2D eigenvalue weighted by Crippen LogP contribution is 2.13. The van der Waals surface area contributed by atoms with Crippen LogP contribution in [0.2, 0.25) is 0 Å². The predicted octanol–water partition coefficient (Wildman–Crippen LogP) is 3.79. The summed E-state index contributed by atoms with van der Waals surface area (Å²) < 4.78 is 5.24. The second kappa shape index (κ2) is 7.04. The van der Waals surface area contributed by atoms with Gasteiger partial charge in [0.25, 0.3) is 0 Å². The van der Waals surface area contributed by atoms with E-state index in [0.717, 1.165) is 0 Å². The monoisotopic (exact) mass is 274 g/mol. The van der Waals surface area contributed by atoms with E-state index in [-0.39, 0.29) is 24.1 Å². The number of carbonyl (C=O) groups is 2. The Balaban J connectivity index is 2.50. The molecular weight excluding hydrogens is 252 g/mol. The Bertz CT molecular complexity index is 481. The Hall–Kier alpha value is -1.90. The van der Waals surface area contributed by atoms with Gasteiger partial charge < -0.3 is 4.74 Å². The number of allylic oxidation sites excluding steroid dienone is 2. The minimum atomic E-state index is -0.472. The van der Waals surface area contributed by atoms with Gasteiger partial charge in [-0.2, -0.15) is 0 Å². The Morgan fingerprint density at radius 2 is 1.80 bits per heavy atom. The van der Waals surface area contributed by atoms with Crippen LogP contribution in [0.15, 0.2) is 42.5 Å². The largest absolute Gasteiger partial charge is 0.460 e. The standard InChI is InChI=1S/C17H22O3/c1-13(12-16(19)20-17(2,3)4)10-11-15(18)14-8-6-5-7-9-14/h5-11,13H,12H2,1-4H3/b11-10+. The quantitative estimate of drug-likeness (QED) is 0.466. The molecule has 0 bridgehead atoms. The first-order chi connectivity index (χ1) is 9.28. The van der Waals surface area contributed by atoms with Crippen molar-refractivity contribution >= 4 is 11.8 Å². The third-order valence-electron chi connectivity index (χ3n) is 2.54. The van der Waals surface area contributed by atoms with E-state index in [1.165, 1.54) is 6.08 Å². The Morgan fingerprint density at radius 1 is 1.20 bits per heavy atom. The van der Waals surface area contributed by atoms with Crippen molar-refractivity contribution in [3.63, 3.8) is 0 Å². The van der Waals surface area contributed by atoms with Crippen LogP contribution in [0.3, 0.4) is 0 Å². The Labute approximate surface area is 120 Å². The normalized spacial score (nSPS) is 13.2. The SMILES string of the molecule is CC(/C=C/C(=O)c1ccccc1)CC(=O)OC(C)(C)C. The average Bonchev–Trinajstić information content (AvgIpc) is 2.34. The highest BCUT2D eigenvalue weighted by molar-refractivity contribution is 6.04. The van der Waals surface area contributed by atoms with Crippen LogP contribution in [0.1, 0.15) is 44.5 Å². The van der Waals surface area contributed by atoms with Gasteiger partial charge in [0.05, 0.1) is 6.42 Å². The van der Waals surface area contributed by atoms with Crippen LogP contribution in [0, 0.1) is 5.92 Å². The molecular formula is C17H22O3. The van der Waals surface area contributed by atoms with Gasteiger partial charge >= 0.3 is 5.97 Å². The zero-order valence-corrected chi connectivity index (χ0v) is 12.6. The number of ether oxygens (including phenoxy) is 1. The number of esters is 1. The van der Waals surface area contributed by atoms with E-state index < -0.39 is 5.60 Å². The first kappa shape index (κ1) is 16.2. The molecule has 3 heteroatoms. The molecule has 0 amide bonds. The fourth-order valence-corrected chi connectivity index (χ4v) is 1.66. The third kappa shape index (κ3) is 6.32. The zero-order valence-electron chi connectivity index (χ0n) is 12.6. The van der Waals surface area contributed by atoms with Crippen LogP contribution < -0.4 is 0 Å². The Kier molecular flexibility index (Phi) is 5.68. The van der Waals surface area contributed by atoms with Crippen LogP contribution in [0.25, 0.3) is 0 Å². The molecule has 1 atom stereocenters. The van der Waals surface area contributed by atoms with Crippen LogP contribution in [0.5, 0.6) is 0 Å². The van der Waals surface area contributed by atoms with Gasteiger partial charge in [-0.3, -0.25) is 9.59 Å². The first-order valence-electron chi connectivity index (χ1n) is 6.77. The van der Waals surface area contributed by atoms with Crippen molar-refractivity contribution in [1.82, 2.24) is 0 Å². The summed E-state index contributed by atoms with van der Waals surface area (Å²) >= 11 is 0. The molecule has 1 aromatic carbocycles. The summed E-state index contributed by atoms with van der Waals surface area (Å²) in [6.45, 7) is 7.40. The van der Waals surface area contributed by atoms with Crippen LogP contribution >= 0.6 is 0 Å². The van der Waals surface area contributed by atoms with E-state index in [1.54, 1.807) is 18.2 Å². The maximum absolute atomic E-state index is 11.9. The molecule has 0 aromatic heterocycles. The number of rotatable bonds is 5. The van der Waals surface area contributed by atoms with Crippen LogP contribution in [-0.4, -0.2) is 17.4 Å². The lowest BCUT2D eigenvalue weighted by Gasteiger charge is -2.20. The van der Waals surface area contributed by atoms with Crippen molar-refractivity contribution in [2.45, 2.75) is 39.7 Å². The number of carbonyl (C=O) groups excluding carboxylic acids is 2. The number of hydrogen-bond donors (Lipinski definition) is 0. The molecule has 3 nitrogen and oxygen atoms in total. The molecule has 0 saturated carbocycles. The second-order valence-corrected chi connectivity index (χ2v) is 5.86. The second-order valence-electron chi connectivity index (χ2n) is 5.86. The summed E-state index contributed by atoms with van der Waals surface area (Å²) in [5.74, 6) is -0.332. The molecule has 0 fully saturated rings. The Morgan fingerprint density at radius 3 is 2.35 bits per heavy atom. The summed E-state index contributed by atoms with van der Waals surface area (Å²) in [5.41, 5.74) is 0.175. The fourth-order valence-electron chi connectivity index (χ4n) is 1.66. The average molecular weight is 274 g/mol. The molecule has 0 spiro atoms. The van der Waals surface area contributed by atoms with Crippen molar-refractivity contribution in [2.75, 3.05) is 0 Å². The molecule has 1 rings (SSSR count). The fraction of sp³-hybridized carbons (Fsp3) is 0.412. The number of hydrogen-bond acceptors (Lipinski definition) is 3. The van der Waals surface area contributed by atoms with Gasteiger partial charge in [0.15, 0.2) is 5.78 Å². The summed E-state index contributed by atoms with van der Waals surface area (Å²) in [5, 5.41) is 0. The minimum Gasteiger partial charge on any atom is -0.460 e. The third-order valence-corrected chi connectivity index (χ3v) is 2.54. The minimum absolute atomic E-state index is 0.0301. The van der Waals surface area contributed by atoms with Crippen molar-refractivity contribution in [1.29, 1.82) is 0 Å². The van der Waals surface area contributed by atoms with Gasteiger partial charge in [-0.25, -0.2) is 0 Å². The van der Waals surface area contributed by atoms with Crippen LogP contribution in [-0.2, 0) is 9.53 Å². The number of ketones is 1. The van der Waals surface area contributed by atoms with Crippen molar-refractivity contribution in [3.05, 3.63) is 48.0 Å². The van der Waals surface area contributed by atoms with Crippen molar-refractivity contribution in [3.8, 4) is 0 Å². The van der Waals surface area contributed by atoms with Gasteiger partial charge in [0.2, 0.25) is 0 Å². The zero-order chi connectivity index (χ0) is 15.2. The van der Waals surface area contributed by atoms with E-state index in [2.05, 4.69) is 0 Å². The van der Waals surface area contributed by atoms with E-state index in [0.29, 0.717) is 5.56 Å².